The van der Waals surface area contributed by atoms with E-state index in [4.69, 9.17) is 0 Å². The van der Waals surface area contributed by atoms with Gasteiger partial charge in [-0.3, -0.25) is 0 Å². The third-order valence-electron chi connectivity index (χ3n) is 4.71. The number of aryl methyl sites for hydroxylation is 1. The molecule has 0 saturated heterocycles. The average Bonchev–Trinajstić information content (AvgIpc) is 2.72. The summed E-state index contributed by atoms with van der Waals surface area (Å²) in [5.41, 5.74) is 4.96. The average molecular weight is 349 g/mol. The second kappa shape index (κ2) is 12.4. The minimum Gasteiger partial charge on any atom is -0.0945 e. The largest absolute Gasteiger partial charge is 0.0945 e. The van der Waals surface area contributed by atoms with Crippen LogP contribution >= 0.6 is 0 Å². The fraction of sp³-hybridized carbons (Fsp3) is 0.462. The predicted molar refractivity (Wildman–Crippen MR) is 117 cm³/mol. The first-order chi connectivity index (χ1) is 12.7. The summed E-state index contributed by atoms with van der Waals surface area (Å²) in [5, 5.41) is 0. The summed E-state index contributed by atoms with van der Waals surface area (Å²) >= 11 is 0. The molecule has 0 aliphatic heterocycles. The molecule has 1 saturated carbocycles. The van der Waals surface area contributed by atoms with E-state index < -0.39 is 0 Å². The van der Waals surface area contributed by atoms with Gasteiger partial charge < -0.3 is 0 Å². The minimum absolute atomic E-state index is 0.605. The predicted octanol–water partition coefficient (Wildman–Crippen LogP) is 7.89. The highest BCUT2D eigenvalue weighted by molar-refractivity contribution is 5.64. The zero-order chi connectivity index (χ0) is 19.4. The fourth-order valence-corrected chi connectivity index (χ4v) is 3.08. The van der Waals surface area contributed by atoms with E-state index in [-0.39, 0.29) is 0 Å². The summed E-state index contributed by atoms with van der Waals surface area (Å²) in [6.07, 6.45) is 5.22. The Morgan fingerprint density at radius 1 is 0.692 bits per heavy atom. The van der Waals surface area contributed by atoms with Crippen molar-refractivity contribution in [2.75, 3.05) is 0 Å². The van der Waals surface area contributed by atoms with Crippen LogP contribution in [0, 0.1) is 30.6 Å². The van der Waals surface area contributed by atoms with Gasteiger partial charge in [0.1, 0.15) is 0 Å². The topological polar surface area (TPSA) is 0 Å². The molecule has 0 radical (unpaired) electrons. The Morgan fingerprint density at radius 3 is 1.65 bits per heavy atom. The van der Waals surface area contributed by atoms with Crippen LogP contribution in [-0.2, 0) is 0 Å². The summed E-state index contributed by atoms with van der Waals surface area (Å²) in [6, 6.07) is 17.3. The molecule has 1 aliphatic carbocycles. The molecule has 0 heteroatoms. The zero-order valence-electron chi connectivity index (χ0n) is 17.6. The summed E-state index contributed by atoms with van der Waals surface area (Å²) in [7, 11) is 0. The molecule has 0 aromatic heterocycles. The van der Waals surface area contributed by atoms with Crippen molar-refractivity contribution in [2.24, 2.45) is 11.8 Å². The van der Waals surface area contributed by atoms with Crippen LogP contribution in [0.4, 0.5) is 0 Å². The Morgan fingerprint density at radius 2 is 1.15 bits per heavy atom. The van der Waals surface area contributed by atoms with Crippen molar-refractivity contribution < 1.29 is 0 Å². The first kappa shape index (κ1) is 22.0. The Kier molecular flexibility index (Phi) is 10.5. The molecule has 0 spiro atoms. The van der Waals surface area contributed by atoms with Crippen molar-refractivity contribution in [1.29, 1.82) is 0 Å². The number of hydrogen-bond acceptors (Lipinski definition) is 0. The molecule has 0 nitrogen and oxygen atoms in total. The maximum atomic E-state index is 3.48. The third kappa shape index (κ3) is 7.09. The molecule has 3 rings (SSSR count). The SMILES string of the molecule is CC.CC.Cc1ccc(-c2ccc(C#CC3CCC(C)CC3)cc2)cc1. The Labute approximate surface area is 162 Å². The second-order valence-corrected chi connectivity index (χ2v) is 6.67. The van der Waals surface area contributed by atoms with Crippen LogP contribution in [-0.4, -0.2) is 0 Å². The van der Waals surface area contributed by atoms with Crippen molar-refractivity contribution in [3.63, 3.8) is 0 Å². The van der Waals surface area contributed by atoms with Crippen LogP contribution in [0.1, 0.15) is 71.4 Å². The van der Waals surface area contributed by atoms with E-state index in [1.54, 1.807) is 0 Å². The smallest absolute Gasteiger partial charge is 0.0245 e. The molecular weight excluding hydrogens is 312 g/mol. The lowest BCUT2D eigenvalue weighted by Crippen LogP contribution is -2.10. The quantitative estimate of drug-likeness (QED) is 0.459. The fourth-order valence-electron chi connectivity index (χ4n) is 3.08. The standard InChI is InChI=1S/C22H24.2C2H6/c1-17-3-7-19(8-4-17)9-10-20-11-15-22(16-12-20)21-13-5-18(2)6-14-21;2*1-2/h5-6,11-17,19H,3-4,7-8H2,1-2H3;2*1-2H3. The molecule has 0 heterocycles. The number of benzene rings is 2. The van der Waals surface area contributed by atoms with Gasteiger partial charge in [0.25, 0.3) is 0 Å². The molecule has 0 N–H and O–H groups in total. The molecule has 140 valence electrons. The van der Waals surface area contributed by atoms with Crippen LogP contribution in [0.5, 0.6) is 0 Å². The van der Waals surface area contributed by atoms with E-state index in [1.165, 1.54) is 42.4 Å². The highest BCUT2D eigenvalue weighted by atomic mass is 14.2. The van der Waals surface area contributed by atoms with Crippen molar-refractivity contribution in [3.8, 4) is 23.0 Å². The van der Waals surface area contributed by atoms with Crippen LogP contribution in [0.25, 0.3) is 11.1 Å². The van der Waals surface area contributed by atoms with Gasteiger partial charge >= 0.3 is 0 Å². The lowest BCUT2D eigenvalue weighted by Gasteiger charge is -2.21. The first-order valence-corrected chi connectivity index (χ1v) is 10.4. The molecule has 0 unspecified atom stereocenters. The van der Waals surface area contributed by atoms with E-state index in [2.05, 4.69) is 74.2 Å². The molecule has 2 aromatic rings. The van der Waals surface area contributed by atoms with Gasteiger partial charge in [-0.25, -0.2) is 0 Å². The molecule has 0 amide bonds. The van der Waals surface area contributed by atoms with Gasteiger partial charge in [-0.05, 0) is 61.8 Å². The molecule has 0 bridgehead atoms. The summed E-state index contributed by atoms with van der Waals surface area (Å²) in [5.74, 6) is 8.34. The molecular formula is C26H36. The molecule has 1 fully saturated rings. The van der Waals surface area contributed by atoms with E-state index in [0.717, 1.165) is 11.5 Å². The maximum absolute atomic E-state index is 3.48. The van der Waals surface area contributed by atoms with E-state index in [1.807, 2.05) is 27.7 Å². The van der Waals surface area contributed by atoms with Gasteiger partial charge in [0, 0.05) is 11.5 Å². The monoisotopic (exact) mass is 348 g/mol. The molecule has 1 aliphatic rings. The van der Waals surface area contributed by atoms with Crippen molar-refractivity contribution in [1.82, 2.24) is 0 Å². The summed E-state index contributed by atoms with van der Waals surface area (Å²) < 4.78 is 0. The summed E-state index contributed by atoms with van der Waals surface area (Å²) in [4.78, 5) is 0. The van der Waals surface area contributed by atoms with Crippen LogP contribution in [0.2, 0.25) is 0 Å². The van der Waals surface area contributed by atoms with Gasteiger partial charge in [-0.2, -0.15) is 0 Å². The normalized spacial score (nSPS) is 18.2. The maximum Gasteiger partial charge on any atom is 0.0245 e. The second-order valence-electron chi connectivity index (χ2n) is 6.67. The third-order valence-corrected chi connectivity index (χ3v) is 4.71. The lowest BCUT2D eigenvalue weighted by molar-refractivity contribution is 0.337. The van der Waals surface area contributed by atoms with Gasteiger partial charge in [-0.15, -0.1) is 0 Å². The van der Waals surface area contributed by atoms with Gasteiger partial charge in [-0.1, -0.05) is 88.4 Å². The Balaban J connectivity index is 0.000000791. The molecule has 2 aromatic carbocycles. The Hall–Kier alpha value is -2.00. The molecule has 0 atom stereocenters. The minimum atomic E-state index is 0.605. The summed E-state index contributed by atoms with van der Waals surface area (Å²) in [6.45, 7) is 12.5. The Bertz CT molecular complexity index is 657. The van der Waals surface area contributed by atoms with Crippen LogP contribution in [0.15, 0.2) is 48.5 Å². The first-order valence-electron chi connectivity index (χ1n) is 10.4. The van der Waals surface area contributed by atoms with Gasteiger partial charge in [0.05, 0.1) is 0 Å². The van der Waals surface area contributed by atoms with E-state index >= 15 is 0 Å². The van der Waals surface area contributed by atoms with Crippen molar-refractivity contribution in [3.05, 3.63) is 59.7 Å². The number of rotatable bonds is 1. The van der Waals surface area contributed by atoms with Crippen LogP contribution < -0.4 is 0 Å². The molecule has 26 heavy (non-hydrogen) atoms. The zero-order valence-corrected chi connectivity index (χ0v) is 17.6. The number of hydrogen-bond donors (Lipinski definition) is 0. The highest BCUT2D eigenvalue weighted by Gasteiger charge is 2.15. The van der Waals surface area contributed by atoms with E-state index in [0.29, 0.717) is 5.92 Å². The van der Waals surface area contributed by atoms with E-state index in [9.17, 15) is 0 Å². The highest BCUT2D eigenvalue weighted by Crippen LogP contribution is 2.27. The lowest BCUT2D eigenvalue weighted by atomic mass is 9.83. The van der Waals surface area contributed by atoms with Gasteiger partial charge in [0.15, 0.2) is 0 Å². The van der Waals surface area contributed by atoms with Crippen molar-refractivity contribution in [2.45, 2.75) is 67.2 Å². The van der Waals surface area contributed by atoms with Crippen LogP contribution in [0.3, 0.4) is 0 Å². The van der Waals surface area contributed by atoms with Crippen molar-refractivity contribution >= 4 is 0 Å². The van der Waals surface area contributed by atoms with Gasteiger partial charge in [0.2, 0.25) is 0 Å².